The average Bonchev–Trinajstić information content (AvgIpc) is 2.25. The van der Waals surface area contributed by atoms with Gasteiger partial charge in [0.15, 0.2) is 0 Å². The second-order valence-electron chi connectivity index (χ2n) is 4.46. The van der Waals surface area contributed by atoms with Crippen molar-refractivity contribution in [2.75, 3.05) is 25.1 Å². The zero-order valence-electron chi connectivity index (χ0n) is 9.09. The van der Waals surface area contributed by atoms with E-state index in [1.807, 2.05) is 6.07 Å². The van der Waals surface area contributed by atoms with Gasteiger partial charge in [-0.25, -0.2) is 0 Å². The van der Waals surface area contributed by atoms with Gasteiger partial charge in [-0.15, -0.1) is 0 Å². The second-order valence-corrected chi connectivity index (χ2v) is 4.87. The molecule has 0 spiro atoms. The van der Waals surface area contributed by atoms with Crippen molar-refractivity contribution in [3.05, 3.63) is 28.8 Å². The molecule has 0 bridgehead atoms. The predicted octanol–water partition coefficient (Wildman–Crippen LogP) is 2.66. The van der Waals surface area contributed by atoms with E-state index in [-0.39, 0.29) is 5.41 Å². The summed E-state index contributed by atoms with van der Waals surface area (Å²) in [6, 6.07) is 7.45. The normalized spacial score (nSPS) is 17.3. The summed E-state index contributed by atoms with van der Waals surface area (Å²) in [7, 11) is 0. The second kappa shape index (κ2) is 4.32. The standard InChI is InChI=1S/C12H13ClN2O/c1-12(7-16-8-12)6-15-10-2-3-11(13)9(4-10)5-14/h2-4,15H,6-8H2,1H3. The monoisotopic (exact) mass is 236 g/mol. The quantitative estimate of drug-likeness (QED) is 0.878. The summed E-state index contributed by atoms with van der Waals surface area (Å²) in [5.41, 5.74) is 1.64. The van der Waals surface area contributed by atoms with Crippen molar-refractivity contribution in [1.82, 2.24) is 0 Å². The molecule has 1 aliphatic heterocycles. The highest BCUT2D eigenvalue weighted by Gasteiger charge is 2.32. The van der Waals surface area contributed by atoms with Crippen molar-refractivity contribution in [1.29, 1.82) is 5.26 Å². The van der Waals surface area contributed by atoms with Crippen LogP contribution in [0.1, 0.15) is 12.5 Å². The Balaban J connectivity index is 2.02. The number of halogens is 1. The van der Waals surface area contributed by atoms with Crippen LogP contribution in [0, 0.1) is 16.7 Å². The maximum atomic E-state index is 8.85. The number of rotatable bonds is 3. The van der Waals surface area contributed by atoms with E-state index in [9.17, 15) is 0 Å². The van der Waals surface area contributed by atoms with E-state index in [0.717, 1.165) is 25.4 Å². The molecule has 1 saturated heterocycles. The van der Waals surface area contributed by atoms with Gasteiger partial charge in [-0.05, 0) is 18.2 Å². The lowest BCUT2D eigenvalue weighted by atomic mass is 9.88. The van der Waals surface area contributed by atoms with E-state index in [1.54, 1.807) is 12.1 Å². The Labute approximate surface area is 100.0 Å². The first-order valence-corrected chi connectivity index (χ1v) is 5.52. The minimum atomic E-state index is 0.215. The zero-order valence-corrected chi connectivity index (χ0v) is 9.84. The highest BCUT2D eigenvalue weighted by Crippen LogP contribution is 2.27. The van der Waals surface area contributed by atoms with Gasteiger partial charge in [0.05, 0.1) is 23.8 Å². The predicted molar refractivity (Wildman–Crippen MR) is 63.6 cm³/mol. The summed E-state index contributed by atoms with van der Waals surface area (Å²) >= 11 is 5.85. The Kier molecular flexibility index (Phi) is 3.04. The minimum Gasteiger partial charge on any atom is -0.384 e. The molecule has 3 nitrogen and oxygen atoms in total. The van der Waals surface area contributed by atoms with Gasteiger partial charge >= 0.3 is 0 Å². The van der Waals surface area contributed by atoms with E-state index in [2.05, 4.69) is 18.3 Å². The van der Waals surface area contributed by atoms with Crippen molar-refractivity contribution in [3.63, 3.8) is 0 Å². The Morgan fingerprint density at radius 1 is 1.56 bits per heavy atom. The van der Waals surface area contributed by atoms with Gasteiger partial charge in [0.1, 0.15) is 6.07 Å². The van der Waals surface area contributed by atoms with Crippen molar-refractivity contribution < 1.29 is 4.74 Å². The number of hydrogen-bond acceptors (Lipinski definition) is 3. The molecular weight excluding hydrogens is 224 g/mol. The van der Waals surface area contributed by atoms with Crippen LogP contribution in [0.3, 0.4) is 0 Å². The zero-order chi connectivity index (χ0) is 11.6. The molecule has 0 unspecified atom stereocenters. The summed E-state index contributed by atoms with van der Waals surface area (Å²) in [5.74, 6) is 0. The molecule has 0 aromatic heterocycles. The van der Waals surface area contributed by atoms with Crippen molar-refractivity contribution in [2.45, 2.75) is 6.92 Å². The third-order valence-corrected chi connectivity index (χ3v) is 3.04. The van der Waals surface area contributed by atoms with Crippen LogP contribution >= 0.6 is 11.6 Å². The molecule has 84 valence electrons. The third kappa shape index (κ3) is 2.29. The van der Waals surface area contributed by atoms with E-state index in [4.69, 9.17) is 21.6 Å². The first-order valence-electron chi connectivity index (χ1n) is 5.14. The number of nitriles is 1. The number of nitrogens with zero attached hydrogens (tertiary/aromatic N) is 1. The molecule has 0 amide bonds. The molecule has 1 aromatic carbocycles. The number of benzene rings is 1. The van der Waals surface area contributed by atoms with Gasteiger partial charge in [-0.3, -0.25) is 0 Å². The summed E-state index contributed by atoms with van der Waals surface area (Å²) in [6.07, 6.45) is 0. The van der Waals surface area contributed by atoms with Gasteiger partial charge in [0.25, 0.3) is 0 Å². The largest absolute Gasteiger partial charge is 0.384 e. The number of hydrogen-bond donors (Lipinski definition) is 1. The van der Waals surface area contributed by atoms with Crippen LogP contribution in [0.5, 0.6) is 0 Å². The van der Waals surface area contributed by atoms with Crippen LogP contribution < -0.4 is 5.32 Å². The van der Waals surface area contributed by atoms with Crippen molar-refractivity contribution in [3.8, 4) is 6.07 Å². The lowest BCUT2D eigenvalue weighted by Gasteiger charge is -2.38. The summed E-state index contributed by atoms with van der Waals surface area (Å²) in [4.78, 5) is 0. The molecule has 1 heterocycles. The van der Waals surface area contributed by atoms with Gasteiger partial charge in [0.2, 0.25) is 0 Å². The van der Waals surface area contributed by atoms with Crippen molar-refractivity contribution in [2.24, 2.45) is 5.41 Å². The van der Waals surface area contributed by atoms with E-state index >= 15 is 0 Å². The summed E-state index contributed by atoms with van der Waals surface area (Å²) in [6.45, 7) is 4.60. The fraction of sp³-hybridized carbons (Fsp3) is 0.417. The molecule has 0 saturated carbocycles. The number of nitrogens with one attached hydrogen (secondary N) is 1. The minimum absolute atomic E-state index is 0.215. The van der Waals surface area contributed by atoms with Crippen molar-refractivity contribution >= 4 is 17.3 Å². The van der Waals surface area contributed by atoms with Crippen LogP contribution in [0.2, 0.25) is 5.02 Å². The topological polar surface area (TPSA) is 45.0 Å². The lowest BCUT2D eigenvalue weighted by molar-refractivity contribution is -0.0924. The number of ether oxygens (including phenoxy) is 1. The van der Waals surface area contributed by atoms with E-state index in [1.165, 1.54) is 0 Å². The number of anilines is 1. The smallest absolute Gasteiger partial charge is 0.101 e. The van der Waals surface area contributed by atoms with Crippen LogP contribution in [-0.2, 0) is 4.74 Å². The van der Waals surface area contributed by atoms with Crippen LogP contribution in [0.15, 0.2) is 18.2 Å². The molecule has 16 heavy (non-hydrogen) atoms. The van der Waals surface area contributed by atoms with Gasteiger partial charge < -0.3 is 10.1 Å². The molecule has 0 radical (unpaired) electrons. The van der Waals surface area contributed by atoms with Crippen LogP contribution in [-0.4, -0.2) is 19.8 Å². The Hall–Kier alpha value is -1.24. The molecule has 1 aromatic rings. The Morgan fingerprint density at radius 3 is 2.88 bits per heavy atom. The molecule has 0 atom stereocenters. The molecule has 1 aliphatic rings. The average molecular weight is 237 g/mol. The molecule has 4 heteroatoms. The molecule has 1 fully saturated rings. The Bertz CT molecular complexity index is 435. The van der Waals surface area contributed by atoms with Gasteiger partial charge in [0, 0.05) is 17.6 Å². The Morgan fingerprint density at radius 2 is 2.31 bits per heavy atom. The lowest BCUT2D eigenvalue weighted by Crippen LogP contribution is -2.45. The first kappa shape index (κ1) is 11.3. The summed E-state index contributed by atoms with van der Waals surface area (Å²) in [5, 5.41) is 12.6. The fourth-order valence-electron chi connectivity index (χ4n) is 1.59. The highest BCUT2D eigenvalue weighted by atomic mass is 35.5. The van der Waals surface area contributed by atoms with Gasteiger partial charge in [-0.2, -0.15) is 5.26 Å². The highest BCUT2D eigenvalue weighted by molar-refractivity contribution is 6.31. The van der Waals surface area contributed by atoms with E-state index in [0.29, 0.717) is 10.6 Å². The first-order chi connectivity index (χ1) is 7.63. The molecule has 0 aliphatic carbocycles. The molecular formula is C12H13ClN2O. The fourth-order valence-corrected chi connectivity index (χ4v) is 1.75. The summed E-state index contributed by atoms with van der Waals surface area (Å²) < 4.78 is 5.18. The molecule has 1 N–H and O–H groups in total. The maximum absolute atomic E-state index is 8.85. The SMILES string of the molecule is CC1(CNc2ccc(Cl)c(C#N)c2)COC1. The van der Waals surface area contributed by atoms with Crippen LogP contribution in [0.25, 0.3) is 0 Å². The molecule has 2 rings (SSSR count). The third-order valence-electron chi connectivity index (χ3n) is 2.71. The maximum Gasteiger partial charge on any atom is 0.101 e. The van der Waals surface area contributed by atoms with Crippen LogP contribution in [0.4, 0.5) is 5.69 Å². The van der Waals surface area contributed by atoms with E-state index < -0.39 is 0 Å². The van der Waals surface area contributed by atoms with Gasteiger partial charge in [-0.1, -0.05) is 18.5 Å².